The van der Waals surface area contributed by atoms with Gasteiger partial charge in [0, 0.05) is 25.0 Å². The summed E-state index contributed by atoms with van der Waals surface area (Å²) < 4.78 is 0. The van der Waals surface area contributed by atoms with Gasteiger partial charge in [0.05, 0.1) is 6.42 Å². The highest BCUT2D eigenvalue weighted by molar-refractivity contribution is 5.72. The smallest absolute Gasteiger partial charge is 0.305 e. The predicted octanol–water partition coefficient (Wildman–Crippen LogP) is 1.71. The summed E-state index contributed by atoms with van der Waals surface area (Å²) in [5.74, 6) is -0.0875. The van der Waals surface area contributed by atoms with Crippen molar-refractivity contribution in [2.75, 3.05) is 11.4 Å². The molecule has 6 nitrogen and oxygen atoms in total. The Balaban J connectivity index is 2.30. The molecule has 0 aliphatic carbocycles. The number of hydrogen-bond acceptors (Lipinski definition) is 5. The van der Waals surface area contributed by atoms with Crippen LogP contribution in [0.2, 0.25) is 0 Å². The number of anilines is 1. The maximum atomic E-state index is 10.7. The number of carboxylic acids is 1. The van der Waals surface area contributed by atoms with E-state index in [0.717, 1.165) is 11.3 Å². The van der Waals surface area contributed by atoms with Crippen molar-refractivity contribution in [3.05, 3.63) is 24.5 Å². The van der Waals surface area contributed by atoms with Crippen molar-refractivity contribution in [1.82, 2.24) is 15.0 Å². The molecular formula is C13H16N4O2. The van der Waals surface area contributed by atoms with Gasteiger partial charge in [0.25, 0.3) is 0 Å². The molecule has 0 aliphatic rings. The molecule has 0 spiro atoms. The summed E-state index contributed by atoms with van der Waals surface area (Å²) in [6.07, 6.45) is 3.29. The minimum atomic E-state index is -0.814. The van der Waals surface area contributed by atoms with Gasteiger partial charge in [0.1, 0.15) is 11.3 Å². The lowest BCUT2D eigenvalue weighted by molar-refractivity contribution is -0.136. The minimum Gasteiger partial charge on any atom is -0.481 e. The van der Waals surface area contributed by atoms with Crippen LogP contribution in [0.15, 0.2) is 24.5 Å². The zero-order valence-corrected chi connectivity index (χ0v) is 10.9. The van der Waals surface area contributed by atoms with Crippen molar-refractivity contribution >= 4 is 23.0 Å². The van der Waals surface area contributed by atoms with Gasteiger partial charge in [-0.1, -0.05) is 0 Å². The standard InChI is InChI=1S/C13H16N4O2/c1-9(2)17(8-5-12(18)19)11-4-3-10-13(16-11)15-7-6-14-10/h3-4,6-7,9H,5,8H2,1-2H3,(H,18,19). The third kappa shape index (κ3) is 3.15. The summed E-state index contributed by atoms with van der Waals surface area (Å²) in [5, 5.41) is 8.79. The largest absolute Gasteiger partial charge is 0.481 e. The van der Waals surface area contributed by atoms with Crippen molar-refractivity contribution in [2.24, 2.45) is 0 Å². The van der Waals surface area contributed by atoms with E-state index in [9.17, 15) is 4.79 Å². The van der Waals surface area contributed by atoms with E-state index in [1.807, 2.05) is 30.9 Å². The van der Waals surface area contributed by atoms with Crippen LogP contribution in [0, 0.1) is 0 Å². The summed E-state index contributed by atoms with van der Waals surface area (Å²) in [6, 6.07) is 3.86. The summed E-state index contributed by atoms with van der Waals surface area (Å²) in [6.45, 7) is 4.43. The predicted molar refractivity (Wildman–Crippen MR) is 72.1 cm³/mol. The zero-order chi connectivity index (χ0) is 13.8. The van der Waals surface area contributed by atoms with Gasteiger partial charge < -0.3 is 10.0 Å². The van der Waals surface area contributed by atoms with Crippen molar-refractivity contribution in [1.29, 1.82) is 0 Å². The van der Waals surface area contributed by atoms with Gasteiger partial charge in [0.15, 0.2) is 5.65 Å². The molecule has 2 aromatic heterocycles. The van der Waals surface area contributed by atoms with E-state index in [4.69, 9.17) is 5.11 Å². The van der Waals surface area contributed by atoms with Gasteiger partial charge in [-0.05, 0) is 26.0 Å². The van der Waals surface area contributed by atoms with Gasteiger partial charge in [-0.15, -0.1) is 0 Å². The lowest BCUT2D eigenvalue weighted by atomic mass is 10.2. The number of nitrogens with zero attached hydrogens (tertiary/aromatic N) is 4. The number of pyridine rings is 1. The highest BCUT2D eigenvalue weighted by Crippen LogP contribution is 2.17. The van der Waals surface area contributed by atoms with E-state index >= 15 is 0 Å². The maximum Gasteiger partial charge on any atom is 0.305 e. The van der Waals surface area contributed by atoms with Crippen molar-refractivity contribution in [2.45, 2.75) is 26.3 Å². The molecule has 0 amide bonds. The Hall–Kier alpha value is -2.24. The highest BCUT2D eigenvalue weighted by atomic mass is 16.4. The van der Waals surface area contributed by atoms with Crippen LogP contribution < -0.4 is 4.90 Å². The first kappa shape index (κ1) is 13.2. The molecule has 0 bridgehead atoms. The first-order chi connectivity index (χ1) is 9.08. The number of aliphatic carboxylic acids is 1. The Morgan fingerprint density at radius 1 is 1.32 bits per heavy atom. The van der Waals surface area contributed by atoms with Crippen LogP contribution in [0.5, 0.6) is 0 Å². The van der Waals surface area contributed by atoms with Gasteiger partial charge in [-0.2, -0.15) is 0 Å². The van der Waals surface area contributed by atoms with Crippen LogP contribution in [0.25, 0.3) is 11.2 Å². The van der Waals surface area contributed by atoms with E-state index < -0.39 is 5.97 Å². The van der Waals surface area contributed by atoms with Crippen LogP contribution >= 0.6 is 0 Å². The lowest BCUT2D eigenvalue weighted by Gasteiger charge is -2.27. The number of aromatic nitrogens is 3. The molecule has 6 heteroatoms. The Morgan fingerprint density at radius 2 is 2.05 bits per heavy atom. The summed E-state index contributed by atoms with van der Waals surface area (Å²) in [7, 11) is 0. The molecule has 0 radical (unpaired) electrons. The average molecular weight is 260 g/mol. The molecule has 0 saturated heterocycles. The second kappa shape index (κ2) is 5.60. The molecule has 0 unspecified atom stereocenters. The fourth-order valence-electron chi connectivity index (χ4n) is 1.86. The molecule has 0 atom stereocenters. The molecule has 0 aliphatic heterocycles. The Morgan fingerprint density at radius 3 is 2.74 bits per heavy atom. The summed E-state index contributed by atoms with van der Waals surface area (Å²) in [5.41, 5.74) is 1.30. The SMILES string of the molecule is CC(C)N(CCC(=O)O)c1ccc2nccnc2n1. The van der Waals surface area contributed by atoms with Gasteiger partial charge in [0.2, 0.25) is 0 Å². The Labute approximate surface area is 111 Å². The molecule has 2 rings (SSSR count). The Kier molecular flexibility index (Phi) is 3.89. The van der Waals surface area contributed by atoms with E-state index in [2.05, 4.69) is 15.0 Å². The molecule has 0 saturated carbocycles. The summed E-state index contributed by atoms with van der Waals surface area (Å²) >= 11 is 0. The molecule has 2 aromatic rings. The van der Waals surface area contributed by atoms with Crippen molar-refractivity contribution in [3.8, 4) is 0 Å². The number of rotatable bonds is 5. The highest BCUT2D eigenvalue weighted by Gasteiger charge is 2.14. The fourth-order valence-corrected chi connectivity index (χ4v) is 1.86. The van der Waals surface area contributed by atoms with Crippen LogP contribution in [0.4, 0.5) is 5.82 Å². The zero-order valence-electron chi connectivity index (χ0n) is 10.9. The molecule has 0 aromatic carbocycles. The van der Waals surface area contributed by atoms with E-state index in [1.54, 1.807) is 12.4 Å². The maximum absolute atomic E-state index is 10.7. The first-order valence-electron chi connectivity index (χ1n) is 6.14. The minimum absolute atomic E-state index is 0.0817. The quantitative estimate of drug-likeness (QED) is 0.881. The van der Waals surface area contributed by atoms with Crippen LogP contribution in [0.3, 0.4) is 0 Å². The third-order valence-electron chi connectivity index (χ3n) is 2.80. The number of hydrogen-bond donors (Lipinski definition) is 1. The lowest BCUT2D eigenvalue weighted by Crippen LogP contribution is -2.33. The number of fused-ring (bicyclic) bond motifs is 1. The first-order valence-corrected chi connectivity index (χ1v) is 6.14. The molecule has 1 N–H and O–H groups in total. The van der Waals surface area contributed by atoms with Gasteiger partial charge in [-0.3, -0.25) is 9.78 Å². The van der Waals surface area contributed by atoms with Gasteiger partial charge >= 0.3 is 5.97 Å². The van der Waals surface area contributed by atoms with Gasteiger partial charge in [-0.25, -0.2) is 9.97 Å². The van der Waals surface area contributed by atoms with E-state index in [1.165, 1.54) is 0 Å². The third-order valence-corrected chi connectivity index (χ3v) is 2.80. The molecule has 0 fully saturated rings. The molecular weight excluding hydrogens is 244 g/mol. The number of carbonyl (C=O) groups is 1. The van der Waals surface area contributed by atoms with E-state index in [-0.39, 0.29) is 12.5 Å². The summed E-state index contributed by atoms with van der Waals surface area (Å²) in [4.78, 5) is 25.4. The van der Waals surface area contributed by atoms with Crippen LogP contribution in [0.1, 0.15) is 20.3 Å². The molecule has 19 heavy (non-hydrogen) atoms. The molecule has 2 heterocycles. The number of carboxylic acid groups (broad SMARTS) is 1. The van der Waals surface area contributed by atoms with Crippen molar-refractivity contribution < 1.29 is 9.90 Å². The average Bonchev–Trinajstić information content (AvgIpc) is 2.38. The normalized spacial score (nSPS) is 10.9. The Bertz CT molecular complexity index is 586. The van der Waals surface area contributed by atoms with Crippen molar-refractivity contribution in [3.63, 3.8) is 0 Å². The second-order valence-electron chi connectivity index (χ2n) is 4.50. The van der Waals surface area contributed by atoms with Crippen LogP contribution in [-0.4, -0.2) is 38.6 Å². The van der Waals surface area contributed by atoms with Crippen LogP contribution in [-0.2, 0) is 4.79 Å². The monoisotopic (exact) mass is 260 g/mol. The molecule has 100 valence electrons. The topological polar surface area (TPSA) is 79.2 Å². The fraction of sp³-hybridized carbons (Fsp3) is 0.385. The van der Waals surface area contributed by atoms with E-state index in [0.29, 0.717) is 12.2 Å². The second-order valence-corrected chi connectivity index (χ2v) is 4.50.